The van der Waals surface area contributed by atoms with E-state index >= 15 is 0 Å². The van der Waals surface area contributed by atoms with Crippen LogP contribution in [0, 0.1) is 5.92 Å². The summed E-state index contributed by atoms with van der Waals surface area (Å²) in [6, 6.07) is 5.82. The molecule has 0 aromatic heterocycles. The van der Waals surface area contributed by atoms with Crippen molar-refractivity contribution < 1.29 is 9.53 Å². The smallest absolute Gasteiger partial charge is 0.252 e. The number of rotatable bonds is 7. The number of piperidine rings is 1. The summed E-state index contributed by atoms with van der Waals surface area (Å²) in [7, 11) is 1.73. The highest BCUT2D eigenvalue weighted by Gasteiger charge is 2.23. The lowest BCUT2D eigenvalue weighted by Gasteiger charge is -2.29. The molecule has 3 rings (SSSR count). The molecule has 1 N–H and O–H groups in total. The average Bonchev–Trinajstić information content (AvgIpc) is 3.13. The van der Waals surface area contributed by atoms with E-state index in [2.05, 4.69) is 15.1 Å². The van der Waals surface area contributed by atoms with Gasteiger partial charge in [0, 0.05) is 45.5 Å². The van der Waals surface area contributed by atoms with Crippen LogP contribution >= 0.6 is 11.6 Å². The van der Waals surface area contributed by atoms with Crippen LogP contribution in [0.15, 0.2) is 18.2 Å². The first-order valence-corrected chi connectivity index (χ1v) is 10.1. The van der Waals surface area contributed by atoms with Gasteiger partial charge < -0.3 is 19.9 Å². The number of anilines is 1. The summed E-state index contributed by atoms with van der Waals surface area (Å²) in [6.07, 6.45) is 4.84. The molecule has 2 saturated heterocycles. The van der Waals surface area contributed by atoms with Crippen LogP contribution in [0.5, 0.6) is 0 Å². The van der Waals surface area contributed by atoms with E-state index in [1.54, 1.807) is 7.11 Å². The maximum absolute atomic E-state index is 12.7. The number of amides is 1. The number of carbonyl (C=O) groups is 1. The van der Waals surface area contributed by atoms with Crippen LogP contribution in [-0.2, 0) is 4.74 Å². The number of likely N-dealkylation sites (tertiary alicyclic amines) is 1. The van der Waals surface area contributed by atoms with Gasteiger partial charge in [-0.1, -0.05) is 11.6 Å². The summed E-state index contributed by atoms with van der Waals surface area (Å²) in [5.41, 5.74) is 1.69. The molecular weight excluding hydrogens is 350 g/mol. The third kappa shape index (κ3) is 5.12. The Hall–Kier alpha value is -1.30. The number of hydrogen-bond acceptors (Lipinski definition) is 4. The lowest BCUT2D eigenvalue weighted by molar-refractivity contribution is 0.0947. The molecule has 1 atom stereocenters. The Morgan fingerprint density at radius 2 is 2.08 bits per heavy atom. The minimum atomic E-state index is -0.0656. The van der Waals surface area contributed by atoms with Gasteiger partial charge in [0.1, 0.15) is 0 Å². The molecule has 0 spiro atoms. The highest BCUT2D eigenvalue weighted by molar-refractivity contribution is 6.34. The minimum Gasteiger partial charge on any atom is -0.383 e. The molecule has 0 bridgehead atoms. The number of nitrogens with zero attached hydrogens (tertiary/aromatic N) is 2. The molecule has 2 aliphatic rings. The van der Waals surface area contributed by atoms with E-state index in [0.29, 0.717) is 23.0 Å². The molecule has 2 aliphatic heterocycles. The molecule has 1 unspecified atom stereocenters. The SMILES string of the molecule is COCCN1CCC(CNC(=O)c2cc(N3CCCCC3)ccc2Cl)C1. The lowest BCUT2D eigenvalue weighted by Crippen LogP contribution is -2.32. The predicted octanol–water partition coefficient (Wildman–Crippen LogP) is 3.03. The maximum Gasteiger partial charge on any atom is 0.252 e. The monoisotopic (exact) mass is 379 g/mol. The van der Waals surface area contributed by atoms with E-state index in [-0.39, 0.29) is 5.91 Å². The average molecular weight is 380 g/mol. The molecule has 144 valence electrons. The van der Waals surface area contributed by atoms with Gasteiger partial charge in [0.2, 0.25) is 0 Å². The second kappa shape index (κ2) is 9.58. The molecular formula is C20H30ClN3O2. The van der Waals surface area contributed by atoms with E-state index in [0.717, 1.165) is 51.4 Å². The van der Waals surface area contributed by atoms with Gasteiger partial charge in [0.15, 0.2) is 0 Å². The van der Waals surface area contributed by atoms with Gasteiger partial charge >= 0.3 is 0 Å². The Bertz CT molecular complexity index is 605. The van der Waals surface area contributed by atoms with Crippen LogP contribution in [0.4, 0.5) is 5.69 Å². The van der Waals surface area contributed by atoms with Crippen molar-refractivity contribution in [1.29, 1.82) is 0 Å². The van der Waals surface area contributed by atoms with E-state index < -0.39 is 0 Å². The van der Waals surface area contributed by atoms with Crippen molar-refractivity contribution in [2.24, 2.45) is 5.92 Å². The zero-order valence-corrected chi connectivity index (χ0v) is 16.4. The number of ether oxygens (including phenoxy) is 1. The normalized spacial score (nSPS) is 21.2. The molecule has 0 radical (unpaired) electrons. The first-order chi connectivity index (χ1) is 12.7. The van der Waals surface area contributed by atoms with Gasteiger partial charge in [-0.05, 0) is 56.3 Å². The molecule has 1 amide bonds. The first-order valence-electron chi connectivity index (χ1n) is 9.71. The van der Waals surface area contributed by atoms with E-state index in [1.165, 1.54) is 19.3 Å². The standard InChI is InChI=1S/C20H30ClN3O2/c1-26-12-11-23-10-7-16(15-23)14-22-20(25)18-13-17(5-6-19(18)21)24-8-3-2-4-9-24/h5-6,13,16H,2-4,7-12,14-15H2,1H3,(H,22,25). The second-order valence-corrected chi connectivity index (χ2v) is 7.78. The lowest BCUT2D eigenvalue weighted by atomic mass is 10.1. The zero-order valence-electron chi connectivity index (χ0n) is 15.7. The molecule has 1 aromatic rings. The predicted molar refractivity (Wildman–Crippen MR) is 106 cm³/mol. The van der Waals surface area contributed by atoms with Crippen LogP contribution in [0.25, 0.3) is 0 Å². The van der Waals surface area contributed by atoms with Crippen LogP contribution in [-0.4, -0.2) is 63.8 Å². The summed E-state index contributed by atoms with van der Waals surface area (Å²) >= 11 is 6.30. The van der Waals surface area contributed by atoms with Crippen molar-refractivity contribution in [3.63, 3.8) is 0 Å². The highest BCUT2D eigenvalue weighted by Crippen LogP contribution is 2.26. The Kier molecular flexibility index (Phi) is 7.17. The van der Waals surface area contributed by atoms with Crippen molar-refractivity contribution in [2.75, 3.05) is 57.9 Å². The van der Waals surface area contributed by atoms with Crippen molar-refractivity contribution in [3.8, 4) is 0 Å². The summed E-state index contributed by atoms with van der Waals surface area (Å²) in [5, 5.41) is 3.61. The van der Waals surface area contributed by atoms with Gasteiger partial charge in [0.25, 0.3) is 5.91 Å². The van der Waals surface area contributed by atoms with Gasteiger partial charge in [-0.25, -0.2) is 0 Å². The zero-order chi connectivity index (χ0) is 18.4. The quantitative estimate of drug-likeness (QED) is 0.790. The van der Waals surface area contributed by atoms with E-state index in [9.17, 15) is 4.79 Å². The Morgan fingerprint density at radius 1 is 1.27 bits per heavy atom. The number of nitrogens with one attached hydrogen (secondary N) is 1. The molecule has 26 heavy (non-hydrogen) atoms. The van der Waals surface area contributed by atoms with Crippen LogP contribution in [0.2, 0.25) is 5.02 Å². The summed E-state index contributed by atoms with van der Waals surface area (Å²) < 4.78 is 5.14. The van der Waals surface area contributed by atoms with Crippen LogP contribution in [0.1, 0.15) is 36.0 Å². The number of carbonyl (C=O) groups excluding carboxylic acids is 1. The largest absolute Gasteiger partial charge is 0.383 e. The summed E-state index contributed by atoms with van der Waals surface area (Å²) in [4.78, 5) is 17.4. The van der Waals surface area contributed by atoms with Crippen LogP contribution in [0.3, 0.4) is 0 Å². The highest BCUT2D eigenvalue weighted by atomic mass is 35.5. The molecule has 6 heteroatoms. The second-order valence-electron chi connectivity index (χ2n) is 7.37. The number of methoxy groups -OCH3 is 1. The minimum absolute atomic E-state index is 0.0656. The summed E-state index contributed by atoms with van der Waals surface area (Å²) in [5.74, 6) is 0.434. The van der Waals surface area contributed by atoms with Crippen molar-refractivity contribution in [3.05, 3.63) is 28.8 Å². The van der Waals surface area contributed by atoms with Crippen molar-refractivity contribution >= 4 is 23.2 Å². The third-order valence-electron chi connectivity index (χ3n) is 5.45. The fourth-order valence-corrected chi connectivity index (χ4v) is 4.07. The molecule has 1 aromatic carbocycles. The van der Waals surface area contributed by atoms with Gasteiger partial charge in [-0.15, -0.1) is 0 Å². The summed E-state index contributed by atoms with van der Waals surface area (Å²) in [6.45, 7) is 6.64. The van der Waals surface area contributed by atoms with E-state index in [4.69, 9.17) is 16.3 Å². The fourth-order valence-electron chi connectivity index (χ4n) is 3.87. The van der Waals surface area contributed by atoms with Gasteiger partial charge in [-0.3, -0.25) is 4.79 Å². The number of hydrogen-bond donors (Lipinski definition) is 1. The maximum atomic E-state index is 12.7. The first kappa shape index (κ1) is 19.5. The van der Waals surface area contributed by atoms with Crippen molar-refractivity contribution in [1.82, 2.24) is 10.2 Å². The third-order valence-corrected chi connectivity index (χ3v) is 5.78. The molecule has 0 aliphatic carbocycles. The fraction of sp³-hybridized carbons (Fsp3) is 0.650. The Labute approximate surface area is 161 Å². The molecule has 2 fully saturated rings. The number of halogens is 1. The number of benzene rings is 1. The van der Waals surface area contributed by atoms with E-state index in [1.807, 2.05) is 18.2 Å². The Balaban J connectivity index is 1.54. The topological polar surface area (TPSA) is 44.8 Å². The molecule has 2 heterocycles. The van der Waals surface area contributed by atoms with Gasteiger partial charge in [0.05, 0.1) is 17.2 Å². The molecule has 0 saturated carbocycles. The Morgan fingerprint density at radius 3 is 2.85 bits per heavy atom. The van der Waals surface area contributed by atoms with Gasteiger partial charge in [-0.2, -0.15) is 0 Å². The van der Waals surface area contributed by atoms with Crippen molar-refractivity contribution in [2.45, 2.75) is 25.7 Å². The molecule has 5 nitrogen and oxygen atoms in total. The van der Waals surface area contributed by atoms with Crippen LogP contribution < -0.4 is 10.2 Å².